The van der Waals surface area contributed by atoms with Crippen molar-refractivity contribution in [3.05, 3.63) is 48.4 Å². The van der Waals surface area contributed by atoms with Gasteiger partial charge in [0.1, 0.15) is 4.99 Å². The van der Waals surface area contributed by atoms with E-state index in [4.69, 9.17) is 18.0 Å². The molecule has 0 radical (unpaired) electrons. The van der Waals surface area contributed by atoms with Crippen LogP contribution in [0.1, 0.15) is 5.56 Å². The molecule has 3 N–H and O–H groups in total. The molecule has 0 aliphatic rings. The normalized spacial score (nSPS) is 10.7. The van der Waals surface area contributed by atoms with Crippen LogP contribution in [0.25, 0.3) is 10.9 Å². The van der Waals surface area contributed by atoms with E-state index in [2.05, 4.69) is 15.4 Å². The van der Waals surface area contributed by atoms with E-state index < -0.39 is 0 Å². The smallest absolute Gasteiger partial charge is 0.107 e. The fourth-order valence-corrected chi connectivity index (χ4v) is 2.25. The van der Waals surface area contributed by atoms with Crippen molar-refractivity contribution >= 4 is 39.5 Å². The predicted octanol–water partition coefficient (Wildman–Crippen LogP) is 2.35. The average Bonchev–Trinajstić information content (AvgIpc) is 2.84. The average molecular weight is 283 g/mol. The maximum absolute atomic E-state index is 5.80. The highest BCUT2D eigenvalue weighted by Gasteiger charge is 2.11. The number of para-hydroxylation sites is 1. The zero-order chi connectivity index (χ0) is 14.1. The van der Waals surface area contributed by atoms with E-state index in [0.717, 1.165) is 27.8 Å². The number of pyridine rings is 1. The quantitative estimate of drug-likeness (QED) is 0.722. The molecule has 0 atom stereocenters. The van der Waals surface area contributed by atoms with Gasteiger partial charge in [0.15, 0.2) is 0 Å². The standard InChI is InChI=1S/C14H13N5S/c1-19-8-9(6-17-19)18-13-10-4-2-3-5-12(10)16-7-11(13)14(15)20/h2-8H,1H3,(H2,15,20)(H,16,18). The number of aryl methyl sites for hydroxylation is 1. The Hall–Kier alpha value is -2.47. The Bertz CT molecular complexity index is 793. The van der Waals surface area contributed by atoms with Crippen LogP contribution in [0.3, 0.4) is 0 Å². The summed E-state index contributed by atoms with van der Waals surface area (Å²) in [7, 11) is 1.87. The number of fused-ring (bicyclic) bond motifs is 1. The van der Waals surface area contributed by atoms with Crippen LogP contribution in [0.2, 0.25) is 0 Å². The summed E-state index contributed by atoms with van der Waals surface area (Å²) >= 11 is 5.11. The van der Waals surface area contributed by atoms with Crippen LogP contribution < -0.4 is 11.1 Å². The highest BCUT2D eigenvalue weighted by atomic mass is 32.1. The molecule has 0 spiro atoms. The lowest BCUT2D eigenvalue weighted by Gasteiger charge is -2.12. The molecule has 0 saturated carbocycles. The van der Waals surface area contributed by atoms with Crippen molar-refractivity contribution in [3.63, 3.8) is 0 Å². The molecule has 1 aromatic carbocycles. The monoisotopic (exact) mass is 283 g/mol. The van der Waals surface area contributed by atoms with Crippen LogP contribution in [-0.2, 0) is 7.05 Å². The number of rotatable bonds is 3. The van der Waals surface area contributed by atoms with Crippen LogP contribution in [0.4, 0.5) is 11.4 Å². The summed E-state index contributed by atoms with van der Waals surface area (Å²) in [6.45, 7) is 0. The fraction of sp³-hybridized carbons (Fsp3) is 0.0714. The molecule has 0 unspecified atom stereocenters. The number of thiocarbonyl (C=S) groups is 1. The lowest BCUT2D eigenvalue weighted by Crippen LogP contribution is -2.12. The van der Waals surface area contributed by atoms with Crippen molar-refractivity contribution in [3.8, 4) is 0 Å². The molecule has 5 nitrogen and oxygen atoms in total. The van der Waals surface area contributed by atoms with E-state index >= 15 is 0 Å². The van der Waals surface area contributed by atoms with Crippen LogP contribution in [-0.4, -0.2) is 19.8 Å². The number of hydrogen-bond acceptors (Lipinski definition) is 4. The summed E-state index contributed by atoms with van der Waals surface area (Å²) in [6.07, 6.45) is 5.33. The first-order valence-corrected chi connectivity index (χ1v) is 6.49. The summed E-state index contributed by atoms with van der Waals surface area (Å²) in [5, 5.41) is 8.44. The van der Waals surface area contributed by atoms with Gasteiger partial charge in [0, 0.05) is 24.8 Å². The number of aromatic nitrogens is 3. The third-order valence-electron chi connectivity index (χ3n) is 3.02. The second-order valence-corrected chi connectivity index (χ2v) is 4.90. The first kappa shape index (κ1) is 12.6. The van der Waals surface area contributed by atoms with Gasteiger partial charge in [-0.05, 0) is 6.07 Å². The fourth-order valence-electron chi connectivity index (χ4n) is 2.09. The summed E-state index contributed by atoms with van der Waals surface area (Å²) in [5.41, 5.74) is 9.14. The van der Waals surface area contributed by atoms with Gasteiger partial charge in [0.05, 0.1) is 28.7 Å². The van der Waals surface area contributed by atoms with Gasteiger partial charge < -0.3 is 11.1 Å². The number of nitrogens with one attached hydrogen (secondary N) is 1. The Morgan fingerprint density at radius 2 is 2.10 bits per heavy atom. The van der Waals surface area contributed by atoms with Gasteiger partial charge in [0.25, 0.3) is 0 Å². The van der Waals surface area contributed by atoms with Gasteiger partial charge in [-0.3, -0.25) is 9.67 Å². The number of nitrogens with zero attached hydrogens (tertiary/aromatic N) is 3. The minimum Gasteiger partial charge on any atom is -0.389 e. The molecule has 0 aliphatic heterocycles. The van der Waals surface area contributed by atoms with E-state index in [9.17, 15) is 0 Å². The Balaban J connectivity index is 2.19. The molecular weight excluding hydrogens is 270 g/mol. The summed E-state index contributed by atoms with van der Waals surface area (Å²) in [4.78, 5) is 4.70. The largest absolute Gasteiger partial charge is 0.389 e. The molecule has 3 aromatic rings. The first-order chi connectivity index (χ1) is 9.65. The molecule has 20 heavy (non-hydrogen) atoms. The van der Waals surface area contributed by atoms with Crippen molar-refractivity contribution < 1.29 is 0 Å². The van der Waals surface area contributed by atoms with Gasteiger partial charge in [0.2, 0.25) is 0 Å². The second kappa shape index (κ2) is 4.90. The van der Waals surface area contributed by atoms with Gasteiger partial charge in [-0.25, -0.2) is 0 Å². The highest BCUT2D eigenvalue weighted by molar-refractivity contribution is 7.80. The molecule has 0 aliphatic carbocycles. The predicted molar refractivity (Wildman–Crippen MR) is 84.1 cm³/mol. The van der Waals surface area contributed by atoms with Crippen LogP contribution >= 0.6 is 12.2 Å². The van der Waals surface area contributed by atoms with E-state index in [-0.39, 0.29) is 0 Å². The minimum absolute atomic E-state index is 0.314. The number of hydrogen-bond donors (Lipinski definition) is 2. The maximum atomic E-state index is 5.80. The van der Waals surface area contributed by atoms with E-state index in [1.165, 1.54) is 0 Å². The van der Waals surface area contributed by atoms with E-state index in [1.54, 1.807) is 17.1 Å². The number of anilines is 2. The van der Waals surface area contributed by atoms with Gasteiger partial charge in [-0.15, -0.1) is 0 Å². The van der Waals surface area contributed by atoms with Crippen molar-refractivity contribution in [1.82, 2.24) is 14.8 Å². The van der Waals surface area contributed by atoms with Crippen molar-refractivity contribution in [2.45, 2.75) is 0 Å². The summed E-state index contributed by atoms with van der Waals surface area (Å²) < 4.78 is 1.73. The topological polar surface area (TPSA) is 68.8 Å². The Labute approximate surface area is 121 Å². The third kappa shape index (κ3) is 2.21. The molecule has 2 heterocycles. The zero-order valence-electron chi connectivity index (χ0n) is 10.9. The zero-order valence-corrected chi connectivity index (χ0v) is 11.7. The molecule has 100 valence electrons. The van der Waals surface area contributed by atoms with Gasteiger partial charge in [-0.2, -0.15) is 5.10 Å². The van der Waals surface area contributed by atoms with E-state index in [1.807, 2.05) is 37.5 Å². The molecule has 0 saturated heterocycles. The van der Waals surface area contributed by atoms with Crippen molar-refractivity contribution in [1.29, 1.82) is 0 Å². The van der Waals surface area contributed by atoms with Gasteiger partial charge in [-0.1, -0.05) is 30.4 Å². The summed E-state index contributed by atoms with van der Waals surface area (Å²) in [6, 6.07) is 7.85. The molecule has 0 fully saturated rings. The van der Waals surface area contributed by atoms with Gasteiger partial charge >= 0.3 is 0 Å². The van der Waals surface area contributed by atoms with Crippen LogP contribution in [0, 0.1) is 0 Å². The second-order valence-electron chi connectivity index (χ2n) is 4.46. The van der Waals surface area contributed by atoms with Crippen molar-refractivity contribution in [2.24, 2.45) is 12.8 Å². The van der Waals surface area contributed by atoms with Crippen molar-refractivity contribution in [2.75, 3.05) is 5.32 Å². The first-order valence-electron chi connectivity index (χ1n) is 6.08. The molecular formula is C14H13N5S. The number of nitrogens with two attached hydrogens (primary N) is 1. The Morgan fingerprint density at radius 3 is 2.80 bits per heavy atom. The minimum atomic E-state index is 0.314. The highest BCUT2D eigenvalue weighted by Crippen LogP contribution is 2.28. The lowest BCUT2D eigenvalue weighted by atomic mass is 10.1. The molecule has 0 bridgehead atoms. The molecule has 3 rings (SSSR count). The third-order valence-corrected chi connectivity index (χ3v) is 3.24. The summed E-state index contributed by atoms with van der Waals surface area (Å²) in [5.74, 6) is 0. The van der Waals surface area contributed by atoms with Crippen LogP contribution in [0.15, 0.2) is 42.9 Å². The maximum Gasteiger partial charge on any atom is 0.107 e. The Morgan fingerprint density at radius 1 is 1.30 bits per heavy atom. The Kier molecular flexibility index (Phi) is 3.08. The van der Waals surface area contributed by atoms with Crippen LogP contribution in [0.5, 0.6) is 0 Å². The molecule has 6 heteroatoms. The lowest BCUT2D eigenvalue weighted by molar-refractivity contribution is 0.768. The SMILES string of the molecule is Cn1cc(Nc2c(C(N)=S)cnc3ccccc23)cn1. The molecule has 0 amide bonds. The molecule has 2 aromatic heterocycles. The van der Waals surface area contributed by atoms with E-state index in [0.29, 0.717) is 4.99 Å². The number of benzene rings is 1.